The summed E-state index contributed by atoms with van der Waals surface area (Å²) >= 11 is 0. The highest BCUT2D eigenvalue weighted by Gasteiger charge is 2.25. The monoisotopic (exact) mass is 418 g/mol. The van der Waals surface area contributed by atoms with Crippen molar-refractivity contribution in [2.24, 2.45) is 0 Å². The van der Waals surface area contributed by atoms with E-state index < -0.39 is 30.9 Å². The van der Waals surface area contributed by atoms with Crippen molar-refractivity contribution in [3.63, 3.8) is 0 Å². The third-order valence-electron chi connectivity index (χ3n) is 5.15. The van der Waals surface area contributed by atoms with Crippen molar-refractivity contribution in [3.8, 4) is 0 Å². The summed E-state index contributed by atoms with van der Waals surface area (Å²) in [7, 11) is 0. The molecule has 1 unspecified atom stereocenters. The van der Waals surface area contributed by atoms with Crippen molar-refractivity contribution in [1.82, 2.24) is 0 Å². The zero-order valence-corrected chi connectivity index (χ0v) is 17.9. The van der Waals surface area contributed by atoms with E-state index in [1.807, 2.05) is 26.0 Å². The van der Waals surface area contributed by atoms with Crippen molar-refractivity contribution >= 4 is 5.97 Å². The molecule has 0 aromatic heterocycles. The minimum atomic E-state index is -1.18. The average molecular weight is 419 g/mol. The molecule has 1 fully saturated rings. The minimum Gasteiger partial charge on any atom is -0.456 e. The van der Waals surface area contributed by atoms with Crippen molar-refractivity contribution in [2.75, 3.05) is 6.61 Å². The number of aliphatic hydroxyl groups excluding tert-OH is 3. The fourth-order valence-electron chi connectivity index (χ4n) is 3.68. The maximum absolute atomic E-state index is 12.2. The lowest BCUT2D eigenvalue weighted by atomic mass is 9.95. The Morgan fingerprint density at radius 3 is 2.70 bits per heavy atom. The first-order valence-corrected chi connectivity index (χ1v) is 10.4. The van der Waals surface area contributed by atoms with Crippen molar-refractivity contribution in [3.05, 3.63) is 59.8 Å². The number of aliphatic hydroxyl groups is 3. The van der Waals surface area contributed by atoms with E-state index in [1.165, 1.54) is 6.08 Å². The maximum atomic E-state index is 12.2. The summed E-state index contributed by atoms with van der Waals surface area (Å²) in [4.78, 5) is 12.2. The number of carbonyl (C=O) groups excluding carboxylic acids is 1. The van der Waals surface area contributed by atoms with Crippen LogP contribution in [0.5, 0.6) is 0 Å². The first-order valence-electron chi connectivity index (χ1n) is 10.4. The SMILES string of the molecule is C=C1C[C@@H]2C/C=C/C(O)C/C(C)=C\C=C\C(=O)O[C@H]([C@H](O)CO)C/C(C)=C/[C@H](C1)O2. The quantitative estimate of drug-likeness (QED) is 0.471. The number of esters is 1. The molecule has 2 aliphatic heterocycles. The van der Waals surface area contributed by atoms with Crippen molar-refractivity contribution in [1.29, 1.82) is 0 Å². The van der Waals surface area contributed by atoms with Gasteiger partial charge < -0.3 is 24.8 Å². The molecular weight excluding hydrogens is 384 g/mol. The van der Waals surface area contributed by atoms with Crippen LogP contribution in [0.4, 0.5) is 0 Å². The Hall–Kier alpha value is -1.99. The van der Waals surface area contributed by atoms with E-state index in [0.717, 1.165) is 23.1 Å². The number of rotatable bonds is 2. The fourth-order valence-corrected chi connectivity index (χ4v) is 3.68. The van der Waals surface area contributed by atoms with Gasteiger partial charge in [0.2, 0.25) is 0 Å². The van der Waals surface area contributed by atoms with Gasteiger partial charge in [-0.15, -0.1) is 0 Å². The van der Waals surface area contributed by atoms with Crippen LogP contribution in [-0.2, 0) is 14.3 Å². The Labute approximate surface area is 178 Å². The second-order valence-electron chi connectivity index (χ2n) is 8.20. The molecule has 0 saturated carbocycles. The molecule has 30 heavy (non-hydrogen) atoms. The summed E-state index contributed by atoms with van der Waals surface area (Å²) in [6, 6.07) is 0. The molecule has 6 nitrogen and oxygen atoms in total. The molecule has 0 amide bonds. The molecule has 2 bridgehead atoms. The van der Waals surface area contributed by atoms with E-state index >= 15 is 0 Å². The third-order valence-corrected chi connectivity index (χ3v) is 5.15. The predicted molar refractivity (Wildman–Crippen MR) is 116 cm³/mol. The second kappa shape index (κ2) is 12.0. The molecule has 0 aromatic carbocycles. The van der Waals surface area contributed by atoms with Gasteiger partial charge in [0.25, 0.3) is 0 Å². The molecule has 0 radical (unpaired) electrons. The first-order chi connectivity index (χ1) is 14.3. The number of hydrogen-bond donors (Lipinski definition) is 3. The summed E-state index contributed by atoms with van der Waals surface area (Å²) < 4.78 is 11.5. The number of ether oxygens (including phenoxy) is 2. The smallest absolute Gasteiger partial charge is 0.331 e. The lowest BCUT2D eigenvalue weighted by Crippen LogP contribution is -2.34. The van der Waals surface area contributed by atoms with Gasteiger partial charge in [-0.05, 0) is 39.5 Å². The highest BCUT2D eigenvalue weighted by Crippen LogP contribution is 2.27. The van der Waals surface area contributed by atoms with Crippen LogP contribution >= 0.6 is 0 Å². The van der Waals surface area contributed by atoms with Gasteiger partial charge in [0, 0.05) is 12.5 Å². The standard InChI is InChI=1S/C24H34O6/c1-16-6-4-9-24(28)30-23(22(27)15-25)14-18(3)13-21-12-17(2)11-20(29-21)8-5-7-19(26)10-16/h4-7,9,13,19-23,25-27H,2,8,10-12,14-15H2,1,3H3/b7-5+,9-4+,16-6-,18-13+/t19?,20-,21-,22+,23-/m0/s1. The van der Waals surface area contributed by atoms with E-state index in [-0.39, 0.29) is 12.2 Å². The van der Waals surface area contributed by atoms with E-state index in [9.17, 15) is 20.1 Å². The van der Waals surface area contributed by atoms with Crippen LogP contribution < -0.4 is 0 Å². The number of allylic oxidation sites excluding steroid dienone is 2. The van der Waals surface area contributed by atoms with Gasteiger partial charge in [0.05, 0.1) is 24.9 Å². The van der Waals surface area contributed by atoms with Gasteiger partial charge in [0.1, 0.15) is 12.2 Å². The van der Waals surface area contributed by atoms with Gasteiger partial charge in [-0.25, -0.2) is 4.79 Å². The Morgan fingerprint density at radius 2 is 1.97 bits per heavy atom. The molecule has 2 aliphatic rings. The molecule has 2 rings (SSSR count). The van der Waals surface area contributed by atoms with Gasteiger partial charge >= 0.3 is 5.97 Å². The highest BCUT2D eigenvalue weighted by atomic mass is 16.6. The predicted octanol–water partition coefficient (Wildman–Crippen LogP) is 2.91. The zero-order chi connectivity index (χ0) is 22.1. The molecule has 6 heteroatoms. The van der Waals surface area contributed by atoms with E-state index in [1.54, 1.807) is 18.2 Å². The Balaban J connectivity index is 2.26. The third kappa shape index (κ3) is 8.40. The van der Waals surface area contributed by atoms with E-state index in [4.69, 9.17) is 9.47 Å². The van der Waals surface area contributed by atoms with E-state index in [2.05, 4.69) is 6.58 Å². The van der Waals surface area contributed by atoms with Gasteiger partial charge in [-0.2, -0.15) is 0 Å². The lowest BCUT2D eigenvalue weighted by molar-refractivity contribution is -0.150. The van der Waals surface area contributed by atoms with Crippen molar-refractivity contribution < 1.29 is 29.6 Å². The van der Waals surface area contributed by atoms with Crippen LogP contribution in [0.25, 0.3) is 0 Å². The molecule has 0 aromatic rings. The number of cyclic esters (lactones) is 1. The molecule has 2 heterocycles. The number of hydrogen-bond acceptors (Lipinski definition) is 6. The molecule has 1 saturated heterocycles. The normalized spacial score (nSPS) is 36.2. The molecule has 0 spiro atoms. The van der Waals surface area contributed by atoms with E-state index in [0.29, 0.717) is 25.7 Å². The summed E-state index contributed by atoms with van der Waals surface area (Å²) in [6.07, 6.45) is 10.3. The zero-order valence-electron chi connectivity index (χ0n) is 17.9. The molecule has 3 N–H and O–H groups in total. The van der Waals surface area contributed by atoms with Crippen LogP contribution in [0.2, 0.25) is 0 Å². The molecular formula is C24H34O6. The highest BCUT2D eigenvalue weighted by molar-refractivity contribution is 5.82. The van der Waals surface area contributed by atoms with Crippen LogP contribution in [-0.4, -0.2) is 58.4 Å². The number of fused-ring (bicyclic) bond motifs is 2. The first kappa shape index (κ1) is 24.3. The minimum absolute atomic E-state index is 0.0149. The second-order valence-corrected chi connectivity index (χ2v) is 8.20. The fraction of sp³-hybridized carbons (Fsp3) is 0.542. The summed E-state index contributed by atoms with van der Waals surface area (Å²) in [5, 5.41) is 29.6. The van der Waals surface area contributed by atoms with Crippen LogP contribution in [0.1, 0.15) is 46.0 Å². The van der Waals surface area contributed by atoms with Gasteiger partial charge in [-0.3, -0.25) is 0 Å². The summed E-state index contributed by atoms with van der Waals surface area (Å²) in [5.74, 6) is -0.603. The largest absolute Gasteiger partial charge is 0.456 e. The Bertz CT molecular complexity index is 717. The lowest BCUT2D eigenvalue weighted by Gasteiger charge is -2.30. The topological polar surface area (TPSA) is 96.2 Å². The van der Waals surface area contributed by atoms with Gasteiger partial charge in [0.15, 0.2) is 0 Å². The summed E-state index contributed by atoms with van der Waals surface area (Å²) in [5.41, 5.74) is 2.90. The van der Waals surface area contributed by atoms with Crippen molar-refractivity contribution in [2.45, 2.75) is 76.5 Å². The average Bonchev–Trinajstić information content (AvgIpc) is 2.65. The van der Waals surface area contributed by atoms with Crippen LogP contribution in [0, 0.1) is 0 Å². The molecule has 0 aliphatic carbocycles. The van der Waals surface area contributed by atoms with Gasteiger partial charge in [-0.1, -0.05) is 53.7 Å². The van der Waals surface area contributed by atoms with Crippen LogP contribution in [0.15, 0.2) is 59.8 Å². The Kier molecular flexibility index (Phi) is 9.72. The summed E-state index contributed by atoms with van der Waals surface area (Å²) in [6.45, 7) is 7.38. The van der Waals surface area contributed by atoms with Crippen LogP contribution in [0.3, 0.4) is 0 Å². The molecule has 166 valence electrons. The Morgan fingerprint density at radius 1 is 1.20 bits per heavy atom. The molecule has 5 atom stereocenters. The maximum Gasteiger partial charge on any atom is 0.331 e. The number of carbonyl (C=O) groups is 1.